The quantitative estimate of drug-likeness (QED) is 0.805. The Labute approximate surface area is 98.9 Å². The van der Waals surface area contributed by atoms with E-state index in [0.29, 0.717) is 19.4 Å². The molecule has 100 valence electrons. The molecule has 3 atom stereocenters. The first-order valence-electron chi connectivity index (χ1n) is 5.91. The van der Waals surface area contributed by atoms with Crippen LogP contribution in [0.1, 0.15) is 32.6 Å². The SMILES string of the molecule is CC(CN)NC(=O)C1CCCC(C(F)(F)F)C1. The van der Waals surface area contributed by atoms with Gasteiger partial charge in [-0.3, -0.25) is 4.79 Å². The highest BCUT2D eigenvalue weighted by Crippen LogP contribution is 2.39. The van der Waals surface area contributed by atoms with Gasteiger partial charge < -0.3 is 11.1 Å². The number of nitrogens with two attached hydrogens (primary N) is 1. The molecule has 0 aromatic carbocycles. The van der Waals surface area contributed by atoms with Crippen LogP contribution in [0.2, 0.25) is 0 Å². The van der Waals surface area contributed by atoms with Crippen LogP contribution in [0.4, 0.5) is 13.2 Å². The second-order valence-electron chi connectivity index (χ2n) is 4.75. The molecule has 3 N–H and O–H groups in total. The summed E-state index contributed by atoms with van der Waals surface area (Å²) in [5.74, 6) is -2.15. The van der Waals surface area contributed by atoms with Crippen LogP contribution in [0.15, 0.2) is 0 Å². The van der Waals surface area contributed by atoms with E-state index in [2.05, 4.69) is 5.32 Å². The minimum absolute atomic E-state index is 0.0907. The molecule has 1 amide bonds. The Morgan fingerprint density at radius 2 is 2.12 bits per heavy atom. The molecule has 17 heavy (non-hydrogen) atoms. The number of rotatable bonds is 3. The third-order valence-electron chi connectivity index (χ3n) is 3.25. The lowest BCUT2D eigenvalue weighted by Crippen LogP contribution is -2.43. The molecule has 1 aliphatic rings. The summed E-state index contributed by atoms with van der Waals surface area (Å²) in [6.45, 7) is 2.03. The van der Waals surface area contributed by atoms with Gasteiger partial charge in [0.1, 0.15) is 0 Å². The summed E-state index contributed by atoms with van der Waals surface area (Å²) in [6, 6.07) is -0.186. The highest BCUT2D eigenvalue weighted by molar-refractivity contribution is 5.79. The van der Waals surface area contributed by atoms with E-state index in [9.17, 15) is 18.0 Å². The van der Waals surface area contributed by atoms with Gasteiger partial charge in [-0.25, -0.2) is 0 Å². The lowest BCUT2D eigenvalue weighted by molar-refractivity contribution is -0.186. The second kappa shape index (κ2) is 5.71. The summed E-state index contributed by atoms with van der Waals surface area (Å²) in [7, 11) is 0. The summed E-state index contributed by atoms with van der Waals surface area (Å²) in [4.78, 5) is 11.7. The number of hydrogen-bond donors (Lipinski definition) is 2. The number of alkyl halides is 3. The average molecular weight is 252 g/mol. The topological polar surface area (TPSA) is 55.1 Å². The Bertz CT molecular complexity index is 268. The van der Waals surface area contributed by atoms with Crippen LogP contribution in [0, 0.1) is 11.8 Å². The Morgan fingerprint density at radius 3 is 2.65 bits per heavy atom. The van der Waals surface area contributed by atoms with Gasteiger partial charge in [-0.05, 0) is 26.2 Å². The minimum Gasteiger partial charge on any atom is -0.352 e. The standard InChI is InChI=1S/C11H19F3N2O/c1-7(6-15)16-10(17)8-3-2-4-9(5-8)11(12,13)14/h7-9H,2-6,15H2,1H3,(H,16,17). The lowest BCUT2D eigenvalue weighted by atomic mass is 9.80. The Balaban J connectivity index is 2.52. The number of carbonyl (C=O) groups excluding carboxylic acids is 1. The van der Waals surface area contributed by atoms with Crippen LogP contribution >= 0.6 is 0 Å². The van der Waals surface area contributed by atoms with E-state index < -0.39 is 18.0 Å². The van der Waals surface area contributed by atoms with Crippen LogP contribution in [-0.4, -0.2) is 24.7 Å². The van der Waals surface area contributed by atoms with Crippen molar-refractivity contribution in [1.82, 2.24) is 5.32 Å². The van der Waals surface area contributed by atoms with Crippen molar-refractivity contribution in [3.05, 3.63) is 0 Å². The van der Waals surface area contributed by atoms with Crippen molar-refractivity contribution in [3.63, 3.8) is 0 Å². The van der Waals surface area contributed by atoms with E-state index in [4.69, 9.17) is 5.73 Å². The molecule has 0 aromatic heterocycles. The van der Waals surface area contributed by atoms with Crippen LogP contribution in [-0.2, 0) is 4.79 Å². The van der Waals surface area contributed by atoms with E-state index in [0.717, 1.165) is 0 Å². The zero-order valence-electron chi connectivity index (χ0n) is 9.89. The maximum Gasteiger partial charge on any atom is 0.391 e. The van der Waals surface area contributed by atoms with E-state index in [1.165, 1.54) is 0 Å². The maximum absolute atomic E-state index is 12.6. The number of carbonyl (C=O) groups is 1. The first kappa shape index (κ1) is 14.3. The van der Waals surface area contributed by atoms with Crippen molar-refractivity contribution >= 4 is 5.91 Å². The van der Waals surface area contributed by atoms with Crippen LogP contribution in [0.25, 0.3) is 0 Å². The second-order valence-corrected chi connectivity index (χ2v) is 4.75. The number of halogens is 3. The first-order chi connectivity index (χ1) is 7.84. The molecule has 0 saturated heterocycles. The molecule has 0 aliphatic heterocycles. The Morgan fingerprint density at radius 1 is 1.47 bits per heavy atom. The fourth-order valence-electron chi connectivity index (χ4n) is 2.14. The molecule has 1 rings (SSSR count). The fraction of sp³-hybridized carbons (Fsp3) is 0.909. The molecule has 0 heterocycles. The summed E-state index contributed by atoms with van der Waals surface area (Å²) >= 11 is 0. The number of hydrogen-bond acceptors (Lipinski definition) is 2. The van der Waals surface area contributed by atoms with Crippen molar-refractivity contribution in [2.45, 2.75) is 44.8 Å². The molecule has 3 unspecified atom stereocenters. The molecule has 0 bridgehead atoms. The summed E-state index contributed by atoms with van der Waals surface area (Å²) in [6.07, 6.45) is -3.14. The zero-order chi connectivity index (χ0) is 13.1. The number of nitrogens with one attached hydrogen (secondary N) is 1. The summed E-state index contributed by atoms with van der Waals surface area (Å²) in [5.41, 5.74) is 5.35. The molecule has 3 nitrogen and oxygen atoms in total. The van der Waals surface area contributed by atoms with E-state index in [1.807, 2.05) is 0 Å². The third-order valence-corrected chi connectivity index (χ3v) is 3.25. The van der Waals surface area contributed by atoms with Gasteiger partial charge in [-0.15, -0.1) is 0 Å². The van der Waals surface area contributed by atoms with E-state index >= 15 is 0 Å². The monoisotopic (exact) mass is 252 g/mol. The summed E-state index contributed by atoms with van der Waals surface area (Å²) in [5, 5.41) is 2.64. The maximum atomic E-state index is 12.6. The molecular weight excluding hydrogens is 233 g/mol. The Kier molecular flexibility index (Phi) is 4.80. The Hall–Kier alpha value is -0.780. The van der Waals surface area contributed by atoms with Crippen LogP contribution in [0.3, 0.4) is 0 Å². The molecule has 1 aliphatic carbocycles. The molecule has 0 radical (unpaired) electrons. The van der Waals surface area contributed by atoms with Crippen LogP contribution in [0.5, 0.6) is 0 Å². The van der Waals surface area contributed by atoms with Crippen molar-refractivity contribution in [2.75, 3.05) is 6.54 Å². The third kappa shape index (κ3) is 4.18. The van der Waals surface area contributed by atoms with Crippen molar-refractivity contribution in [2.24, 2.45) is 17.6 Å². The first-order valence-corrected chi connectivity index (χ1v) is 5.91. The van der Waals surface area contributed by atoms with Gasteiger partial charge in [0, 0.05) is 18.5 Å². The lowest BCUT2D eigenvalue weighted by Gasteiger charge is -2.30. The highest BCUT2D eigenvalue weighted by Gasteiger charge is 2.43. The predicted octanol–water partition coefficient (Wildman–Crippen LogP) is 1.82. The molecule has 1 saturated carbocycles. The summed E-state index contributed by atoms with van der Waals surface area (Å²) < 4.78 is 37.7. The van der Waals surface area contributed by atoms with E-state index in [1.54, 1.807) is 6.92 Å². The largest absolute Gasteiger partial charge is 0.391 e. The normalized spacial score (nSPS) is 27.6. The van der Waals surface area contributed by atoms with Crippen molar-refractivity contribution in [1.29, 1.82) is 0 Å². The van der Waals surface area contributed by atoms with Gasteiger partial charge in [0.2, 0.25) is 5.91 Å². The smallest absolute Gasteiger partial charge is 0.352 e. The molecule has 0 spiro atoms. The molecule has 6 heteroatoms. The number of amides is 1. The molecule has 1 fully saturated rings. The van der Waals surface area contributed by atoms with E-state index in [-0.39, 0.29) is 24.8 Å². The van der Waals surface area contributed by atoms with Gasteiger partial charge >= 0.3 is 6.18 Å². The van der Waals surface area contributed by atoms with Gasteiger partial charge in [0.15, 0.2) is 0 Å². The molecular formula is C11H19F3N2O. The van der Waals surface area contributed by atoms with Crippen molar-refractivity contribution < 1.29 is 18.0 Å². The fourth-order valence-corrected chi connectivity index (χ4v) is 2.14. The van der Waals surface area contributed by atoms with Gasteiger partial charge in [-0.1, -0.05) is 6.42 Å². The van der Waals surface area contributed by atoms with Gasteiger partial charge in [-0.2, -0.15) is 13.2 Å². The van der Waals surface area contributed by atoms with Gasteiger partial charge in [0.05, 0.1) is 5.92 Å². The molecule has 0 aromatic rings. The van der Waals surface area contributed by atoms with Crippen LogP contribution < -0.4 is 11.1 Å². The average Bonchev–Trinajstić information content (AvgIpc) is 2.28. The predicted molar refractivity (Wildman–Crippen MR) is 58.2 cm³/mol. The highest BCUT2D eigenvalue weighted by atomic mass is 19.4. The minimum atomic E-state index is -4.18. The zero-order valence-corrected chi connectivity index (χ0v) is 9.89. The van der Waals surface area contributed by atoms with Crippen molar-refractivity contribution in [3.8, 4) is 0 Å². The van der Waals surface area contributed by atoms with Gasteiger partial charge in [0.25, 0.3) is 0 Å².